The van der Waals surface area contributed by atoms with E-state index >= 15 is 0 Å². The number of benzene rings is 2. The average molecular weight is 580 g/mol. The molecule has 6 atom stereocenters. The number of fused-ring (bicyclic) bond motifs is 1. The van der Waals surface area contributed by atoms with Gasteiger partial charge in [0.25, 0.3) is 0 Å². The highest BCUT2D eigenvalue weighted by atomic mass is 16.6. The molecule has 3 aliphatic rings. The van der Waals surface area contributed by atoms with E-state index in [1.807, 2.05) is 33.0 Å². The van der Waals surface area contributed by atoms with Crippen LogP contribution in [-0.4, -0.2) is 72.5 Å². The number of hydrogen-bond donors (Lipinski definition) is 1. The van der Waals surface area contributed by atoms with Gasteiger partial charge in [-0.15, -0.1) is 0 Å². The number of likely N-dealkylation sites (N-methyl/N-ethyl adjacent to an activating group) is 1. The molecule has 224 valence electrons. The summed E-state index contributed by atoms with van der Waals surface area (Å²) in [6.45, 7) is 7.19. The maximum atomic E-state index is 13.8. The van der Waals surface area contributed by atoms with Gasteiger partial charge in [-0.3, -0.25) is 4.79 Å². The number of hydrogen-bond acceptors (Lipinski definition) is 10. The summed E-state index contributed by atoms with van der Waals surface area (Å²) in [6.07, 6.45) is -1.06. The summed E-state index contributed by atoms with van der Waals surface area (Å²) in [5.41, 5.74) is -0.00776. The number of piperidine rings is 1. The Kier molecular flexibility index (Phi) is 7.80. The first-order valence-electron chi connectivity index (χ1n) is 14.1. The zero-order chi connectivity index (χ0) is 30.4. The summed E-state index contributed by atoms with van der Waals surface area (Å²) in [7, 11) is 3.54. The Morgan fingerprint density at radius 1 is 1.10 bits per heavy atom. The van der Waals surface area contributed by atoms with Gasteiger partial charge < -0.3 is 33.7 Å². The molecular formula is C32H37NO9. The number of ether oxygens (including phenoxy) is 5. The third-order valence-corrected chi connectivity index (χ3v) is 8.98. The summed E-state index contributed by atoms with van der Waals surface area (Å²) in [6, 6.07) is 12.0. The van der Waals surface area contributed by atoms with Gasteiger partial charge in [-0.05, 0) is 58.5 Å². The number of aliphatic hydroxyl groups is 1. The van der Waals surface area contributed by atoms with Gasteiger partial charge in [-0.2, -0.15) is 0 Å². The molecule has 1 saturated heterocycles. The van der Waals surface area contributed by atoms with Gasteiger partial charge in [0.05, 0.1) is 18.1 Å². The van der Waals surface area contributed by atoms with Crippen LogP contribution in [0.3, 0.4) is 0 Å². The molecule has 5 rings (SSSR count). The lowest BCUT2D eigenvalue weighted by Gasteiger charge is -2.58. The third kappa shape index (κ3) is 4.62. The first-order chi connectivity index (χ1) is 19.9. The van der Waals surface area contributed by atoms with Crippen molar-refractivity contribution in [1.82, 2.24) is 4.90 Å². The Labute approximate surface area is 245 Å². The van der Waals surface area contributed by atoms with Crippen LogP contribution in [0.5, 0.6) is 11.5 Å². The Hall–Kier alpha value is -3.89. The van der Waals surface area contributed by atoms with Crippen molar-refractivity contribution in [3.05, 3.63) is 71.0 Å². The number of rotatable bonds is 7. The zero-order valence-corrected chi connectivity index (χ0v) is 24.7. The van der Waals surface area contributed by atoms with Crippen molar-refractivity contribution < 1.29 is 43.2 Å². The van der Waals surface area contributed by atoms with E-state index in [-0.39, 0.29) is 18.2 Å². The van der Waals surface area contributed by atoms with Crippen LogP contribution >= 0.6 is 0 Å². The SMILES string of the molecule is COc1ccc(C)c2c1O[C@H]1C(OC(=O)[C@@H](OC(=O)[C@H](C)OC(C)=O)c3ccccc3)=CC[C@@]3(O)[C@@H](C)N(C)CC[C@]213. The first kappa shape index (κ1) is 29.6. The van der Waals surface area contributed by atoms with Gasteiger partial charge in [0, 0.05) is 30.5 Å². The minimum absolute atomic E-state index is 0.205. The van der Waals surface area contributed by atoms with Crippen LogP contribution in [0.2, 0.25) is 0 Å². The number of likely N-dealkylation sites (tertiary alicyclic amines) is 1. The quantitative estimate of drug-likeness (QED) is 0.385. The lowest BCUT2D eigenvalue weighted by molar-refractivity contribution is -0.179. The fourth-order valence-corrected chi connectivity index (χ4v) is 6.71. The fourth-order valence-electron chi connectivity index (χ4n) is 6.71. The highest BCUT2D eigenvalue weighted by Crippen LogP contribution is 2.62. The molecule has 1 spiro atoms. The van der Waals surface area contributed by atoms with Crippen LogP contribution in [0, 0.1) is 6.92 Å². The molecule has 0 saturated carbocycles. The number of carbonyl (C=O) groups is 3. The first-order valence-corrected chi connectivity index (χ1v) is 14.1. The molecule has 0 radical (unpaired) electrons. The van der Waals surface area contributed by atoms with Crippen molar-refractivity contribution in [3.63, 3.8) is 0 Å². The van der Waals surface area contributed by atoms with E-state index in [9.17, 15) is 19.5 Å². The predicted octanol–water partition coefficient (Wildman–Crippen LogP) is 3.52. The normalized spacial score (nSPS) is 27.6. The fraction of sp³-hybridized carbons (Fsp3) is 0.469. The molecule has 42 heavy (non-hydrogen) atoms. The smallest absolute Gasteiger partial charge is 0.357 e. The van der Waals surface area contributed by atoms with Gasteiger partial charge in [-0.25, -0.2) is 9.59 Å². The average Bonchev–Trinajstić information content (AvgIpc) is 3.33. The standard InChI is InChI=1S/C32H37NO9/c1-18-12-13-23(38-6)27-25(18)31-16-17-33(5)20(3)32(31,37)15-14-24(28(31)41-27)40-30(36)26(22-10-8-7-9-11-22)42-29(35)19(2)39-21(4)34/h7-14,19-20,26,28,37H,15-17H2,1-6H3/t19-,20+,26-,28-,31-,32+/m0/s1. The molecule has 0 aromatic heterocycles. The van der Waals surface area contributed by atoms with Gasteiger partial charge in [0.2, 0.25) is 6.10 Å². The molecule has 1 fully saturated rings. The van der Waals surface area contributed by atoms with Crippen molar-refractivity contribution in [2.45, 2.75) is 75.9 Å². The molecule has 0 unspecified atom stereocenters. The Bertz CT molecular complexity index is 1420. The van der Waals surface area contributed by atoms with Gasteiger partial charge >= 0.3 is 17.9 Å². The van der Waals surface area contributed by atoms with Crippen molar-refractivity contribution in [1.29, 1.82) is 0 Å². The third-order valence-electron chi connectivity index (χ3n) is 8.98. The second kappa shape index (κ2) is 11.1. The lowest BCUT2D eigenvalue weighted by atomic mass is 9.54. The highest BCUT2D eigenvalue weighted by Gasteiger charge is 2.69. The molecule has 0 bridgehead atoms. The molecule has 10 nitrogen and oxygen atoms in total. The van der Waals surface area contributed by atoms with Crippen LogP contribution < -0.4 is 9.47 Å². The minimum Gasteiger partial charge on any atom is -0.493 e. The van der Waals surface area contributed by atoms with Crippen LogP contribution in [0.15, 0.2) is 54.3 Å². The van der Waals surface area contributed by atoms with Crippen molar-refractivity contribution in [2.24, 2.45) is 0 Å². The van der Waals surface area contributed by atoms with Crippen LogP contribution in [0.1, 0.15) is 56.4 Å². The Morgan fingerprint density at radius 3 is 2.48 bits per heavy atom. The number of esters is 3. The monoisotopic (exact) mass is 579 g/mol. The maximum absolute atomic E-state index is 13.8. The van der Waals surface area contributed by atoms with Crippen molar-refractivity contribution in [2.75, 3.05) is 20.7 Å². The van der Waals surface area contributed by atoms with E-state index in [4.69, 9.17) is 23.7 Å². The Morgan fingerprint density at radius 2 is 1.81 bits per heavy atom. The molecule has 2 aromatic carbocycles. The summed E-state index contributed by atoms with van der Waals surface area (Å²) in [5, 5.41) is 12.5. The van der Waals surface area contributed by atoms with Gasteiger partial charge in [0.15, 0.2) is 23.7 Å². The molecule has 0 amide bonds. The second-order valence-electron chi connectivity index (χ2n) is 11.3. The topological polar surface area (TPSA) is 121 Å². The molecule has 1 N–H and O–H groups in total. The lowest BCUT2D eigenvalue weighted by Crippen LogP contribution is -2.71. The number of carbonyl (C=O) groups excluding carboxylic acids is 3. The van der Waals surface area contributed by atoms with Crippen LogP contribution in [0.25, 0.3) is 0 Å². The van der Waals surface area contributed by atoms with E-state index in [0.717, 1.165) is 11.1 Å². The van der Waals surface area contributed by atoms with E-state index in [1.165, 1.54) is 13.8 Å². The molecule has 2 aliphatic heterocycles. The molecule has 2 heterocycles. The Balaban J connectivity index is 1.53. The van der Waals surface area contributed by atoms with E-state index in [1.54, 1.807) is 43.5 Å². The van der Waals surface area contributed by atoms with E-state index in [2.05, 4.69) is 4.90 Å². The van der Waals surface area contributed by atoms with Gasteiger partial charge in [-0.1, -0.05) is 36.4 Å². The van der Waals surface area contributed by atoms with Crippen LogP contribution in [0.4, 0.5) is 0 Å². The van der Waals surface area contributed by atoms with Gasteiger partial charge in [0.1, 0.15) is 5.76 Å². The molecule has 2 aromatic rings. The highest BCUT2D eigenvalue weighted by molar-refractivity contribution is 5.84. The molecule has 10 heteroatoms. The molecular weight excluding hydrogens is 542 g/mol. The second-order valence-corrected chi connectivity index (χ2v) is 11.3. The van der Waals surface area contributed by atoms with E-state index < -0.39 is 47.2 Å². The zero-order valence-electron chi connectivity index (χ0n) is 24.7. The number of aryl methyl sites for hydroxylation is 1. The number of methoxy groups -OCH3 is 1. The number of nitrogens with zero attached hydrogens (tertiary/aromatic N) is 1. The van der Waals surface area contributed by atoms with E-state index in [0.29, 0.717) is 30.0 Å². The summed E-state index contributed by atoms with van der Waals surface area (Å²) in [5.74, 6) is -1.13. The van der Waals surface area contributed by atoms with Crippen molar-refractivity contribution in [3.8, 4) is 11.5 Å². The summed E-state index contributed by atoms with van der Waals surface area (Å²) in [4.78, 5) is 40.1. The minimum atomic E-state index is -1.44. The maximum Gasteiger partial charge on any atom is 0.357 e. The molecule has 1 aliphatic carbocycles. The van der Waals surface area contributed by atoms with Crippen molar-refractivity contribution >= 4 is 17.9 Å². The predicted molar refractivity (Wildman–Crippen MR) is 151 cm³/mol. The summed E-state index contributed by atoms with van der Waals surface area (Å²) < 4.78 is 28.7. The summed E-state index contributed by atoms with van der Waals surface area (Å²) >= 11 is 0. The van der Waals surface area contributed by atoms with Crippen LogP contribution in [-0.2, 0) is 34.0 Å². The largest absolute Gasteiger partial charge is 0.493 e.